The van der Waals surface area contributed by atoms with Crippen molar-refractivity contribution in [3.05, 3.63) is 65.5 Å². The first kappa shape index (κ1) is 17.1. The topological polar surface area (TPSA) is 58.6 Å². The van der Waals surface area contributed by atoms with E-state index in [1.807, 2.05) is 31.2 Å². The maximum absolute atomic E-state index is 13.1. The number of benzene rings is 2. The first-order chi connectivity index (χ1) is 12.0. The lowest BCUT2D eigenvalue weighted by atomic mass is 10.1. The Morgan fingerprint density at radius 1 is 1.20 bits per heavy atom. The molecule has 25 heavy (non-hydrogen) atoms. The summed E-state index contributed by atoms with van der Waals surface area (Å²) >= 11 is 0. The maximum atomic E-state index is 13.1. The minimum absolute atomic E-state index is 0.0600. The number of carbonyl (C=O) groups excluding carboxylic acids is 2. The van der Waals surface area contributed by atoms with E-state index in [-0.39, 0.29) is 37.4 Å². The molecule has 1 heterocycles. The van der Waals surface area contributed by atoms with Gasteiger partial charge >= 0.3 is 0 Å². The van der Waals surface area contributed by atoms with E-state index in [0.29, 0.717) is 5.69 Å². The molecule has 1 fully saturated rings. The third-order valence-electron chi connectivity index (χ3n) is 4.09. The third-order valence-corrected chi connectivity index (χ3v) is 4.09. The average molecular weight is 342 g/mol. The molecule has 2 amide bonds. The van der Waals surface area contributed by atoms with E-state index >= 15 is 0 Å². The van der Waals surface area contributed by atoms with E-state index in [2.05, 4.69) is 5.32 Å². The predicted molar refractivity (Wildman–Crippen MR) is 91.4 cm³/mol. The Balaban J connectivity index is 1.74. The highest BCUT2D eigenvalue weighted by Crippen LogP contribution is 2.17. The van der Waals surface area contributed by atoms with Crippen LogP contribution in [0.15, 0.2) is 48.5 Å². The van der Waals surface area contributed by atoms with Gasteiger partial charge in [0.15, 0.2) is 0 Å². The van der Waals surface area contributed by atoms with Crippen LogP contribution in [0.4, 0.5) is 10.1 Å². The molecule has 1 N–H and O–H groups in total. The molecule has 0 aromatic heterocycles. The molecular formula is C19H19FN2O3. The summed E-state index contributed by atoms with van der Waals surface area (Å²) in [4.78, 5) is 26.3. The summed E-state index contributed by atoms with van der Waals surface area (Å²) in [5.41, 5.74) is 2.51. The second kappa shape index (κ2) is 7.44. The second-order valence-corrected chi connectivity index (χ2v) is 6.03. The molecule has 130 valence electrons. The van der Waals surface area contributed by atoms with E-state index in [4.69, 9.17) is 4.74 Å². The van der Waals surface area contributed by atoms with E-state index in [0.717, 1.165) is 11.1 Å². The van der Waals surface area contributed by atoms with Gasteiger partial charge < -0.3 is 15.0 Å². The van der Waals surface area contributed by atoms with Crippen molar-refractivity contribution in [1.82, 2.24) is 4.90 Å². The molecule has 0 spiro atoms. The summed E-state index contributed by atoms with van der Waals surface area (Å²) in [5.74, 6) is -0.913. The number of nitrogens with zero attached hydrogens (tertiary/aromatic N) is 1. The molecule has 1 aliphatic rings. The first-order valence-corrected chi connectivity index (χ1v) is 8.02. The largest absolute Gasteiger partial charge is 0.369 e. The van der Waals surface area contributed by atoms with Crippen LogP contribution in [0.25, 0.3) is 0 Å². The lowest BCUT2D eigenvalue weighted by Gasteiger charge is -2.34. The van der Waals surface area contributed by atoms with Gasteiger partial charge in [0, 0.05) is 12.2 Å². The van der Waals surface area contributed by atoms with Crippen LogP contribution in [0.2, 0.25) is 0 Å². The fraction of sp³-hybridized carbons (Fsp3) is 0.263. The van der Waals surface area contributed by atoms with Gasteiger partial charge in [-0.15, -0.1) is 0 Å². The van der Waals surface area contributed by atoms with E-state index < -0.39 is 6.04 Å². The Labute approximate surface area is 145 Å². The van der Waals surface area contributed by atoms with Gasteiger partial charge in [-0.25, -0.2) is 4.39 Å². The normalized spacial score (nSPS) is 17.4. The van der Waals surface area contributed by atoms with Crippen LogP contribution in [0, 0.1) is 12.7 Å². The molecule has 2 aromatic rings. The van der Waals surface area contributed by atoms with Crippen LogP contribution in [-0.2, 0) is 20.9 Å². The molecule has 1 atom stereocenters. The van der Waals surface area contributed by atoms with Crippen molar-refractivity contribution in [3.63, 3.8) is 0 Å². The zero-order valence-corrected chi connectivity index (χ0v) is 13.9. The van der Waals surface area contributed by atoms with Crippen molar-refractivity contribution in [2.45, 2.75) is 19.5 Å². The SMILES string of the molecule is Cc1ccc(NC(=O)[C@@H]2COCC(=O)N2Cc2ccc(F)cc2)cc1. The Kier molecular flexibility index (Phi) is 5.09. The van der Waals surface area contributed by atoms with Gasteiger partial charge in [0.25, 0.3) is 0 Å². The summed E-state index contributed by atoms with van der Waals surface area (Å²) in [6.07, 6.45) is 0. The summed E-state index contributed by atoms with van der Waals surface area (Å²) in [6.45, 7) is 2.26. The first-order valence-electron chi connectivity index (χ1n) is 8.02. The number of morpholine rings is 1. The molecule has 0 radical (unpaired) electrons. The zero-order chi connectivity index (χ0) is 17.8. The van der Waals surface area contributed by atoms with Gasteiger partial charge in [0.2, 0.25) is 11.8 Å². The molecule has 2 aromatic carbocycles. The second-order valence-electron chi connectivity index (χ2n) is 6.03. The van der Waals surface area contributed by atoms with Gasteiger partial charge in [-0.3, -0.25) is 9.59 Å². The standard InChI is InChI=1S/C19H19FN2O3/c1-13-2-8-16(9-3-13)21-19(24)17-11-25-12-18(23)22(17)10-14-4-6-15(20)7-5-14/h2-9,17H,10-12H2,1H3,(H,21,24)/t17-/m0/s1. The number of anilines is 1. The van der Waals surface area contributed by atoms with Crippen molar-refractivity contribution in [2.75, 3.05) is 18.5 Å². The summed E-state index contributed by atoms with van der Waals surface area (Å²) < 4.78 is 18.3. The molecule has 3 rings (SSSR count). The van der Waals surface area contributed by atoms with E-state index in [1.54, 1.807) is 12.1 Å². The quantitative estimate of drug-likeness (QED) is 0.929. The van der Waals surface area contributed by atoms with Crippen molar-refractivity contribution >= 4 is 17.5 Å². The molecular weight excluding hydrogens is 323 g/mol. The van der Waals surface area contributed by atoms with Crippen LogP contribution < -0.4 is 5.32 Å². The number of hydrogen-bond acceptors (Lipinski definition) is 3. The third kappa shape index (κ3) is 4.22. The van der Waals surface area contributed by atoms with Crippen LogP contribution >= 0.6 is 0 Å². The molecule has 0 unspecified atom stereocenters. The molecule has 0 saturated carbocycles. The van der Waals surface area contributed by atoms with Crippen LogP contribution in [0.5, 0.6) is 0 Å². The number of hydrogen-bond donors (Lipinski definition) is 1. The number of carbonyl (C=O) groups is 2. The molecule has 6 heteroatoms. The average Bonchev–Trinajstić information content (AvgIpc) is 2.60. The minimum atomic E-state index is -0.729. The Morgan fingerprint density at radius 2 is 1.88 bits per heavy atom. The number of halogens is 1. The highest BCUT2D eigenvalue weighted by atomic mass is 19.1. The van der Waals surface area contributed by atoms with Crippen molar-refractivity contribution in [1.29, 1.82) is 0 Å². The minimum Gasteiger partial charge on any atom is -0.369 e. The number of aryl methyl sites for hydroxylation is 1. The van der Waals surface area contributed by atoms with E-state index in [9.17, 15) is 14.0 Å². The van der Waals surface area contributed by atoms with Gasteiger partial charge in [-0.2, -0.15) is 0 Å². The lowest BCUT2D eigenvalue weighted by molar-refractivity contribution is -0.154. The van der Waals surface area contributed by atoms with E-state index in [1.165, 1.54) is 17.0 Å². The summed E-state index contributed by atoms with van der Waals surface area (Å²) in [6, 6.07) is 12.6. The molecule has 0 aliphatic carbocycles. The molecule has 0 bridgehead atoms. The Hall–Kier alpha value is -2.73. The number of rotatable bonds is 4. The zero-order valence-electron chi connectivity index (χ0n) is 13.9. The molecule has 1 aliphatic heterocycles. The van der Waals surface area contributed by atoms with Crippen LogP contribution in [0.1, 0.15) is 11.1 Å². The summed E-state index contributed by atoms with van der Waals surface area (Å²) in [5, 5.41) is 2.81. The van der Waals surface area contributed by atoms with Crippen molar-refractivity contribution in [3.8, 4) is 0 Å². The summed E-state index contributed by atoms with van der Waals surface area (Å²) in [7, 11) is 0. The maximum Gasteiger partial charge on any atom is 0.249 e. The van der Waals surface area contributed by atoms with Crippen molar-refractivity contribution in [2.24, 2.45) is 0 Å². The predicted octanol–water partition coefficient (Wildman–Crippen LogP) is 2.50. The number of amides is 2. The van der Waals surface area contributed by atoms with Crippen molar-refractivity contribution < 1.29 is 18.7 Å². The highest BCUT2D eigenvalue weighted by Gasteiger charge is 2.34. The highest BCUT2D eigenvalue weighted by molar-refractivity contribution is 5.97. The molecule has 5 nitrogen and oxygen atoms in total. The van der Waals surface area contributed by atoms with Gasteiger partial charge in [0.1, 0.15) is 18.5 Å². The fourth-order valence-corrected chi connectivity index (χ4v) is 2.67. The monoisotopic (exact) mass is 342 g/mol. The number of ether oxygens (including phenoxy) is 1. The number of nitrogens with one attached hydrogen (secondary N) is 1. The lowest BCUT2D eigenvalue weighted by Crippen LogP contribution is -2.54. The van der Waals surface area contributed by atoms with Gasteiger partial charge in [0.05, 0.1) is 6.61 Å². The Bertz CT molecular complexity index is 759. The van der Waals surface area contributed by atoms with Gasteiger partial charge in [-0.05, 0) is 36.8 Å². The molecule has 1 saturated heterocycles. The van der Waals surface area contributed by atoms with Crippen LogP contribution in [-0.4, -0.2) is 36.0 Å². The Morgan fingerprint density at radius 3 is 2.56 bits per heavy atom. The fourth-order valence-electron chi connectivity index (χ4n) is 2.67. The van der Waals surface area contributed by atoms with Crippen LogP contribution in [0.3, 0.4) is 0 Å². The van der Waals surface area contributed by atoms with Gasteiger partial charge in [-0.1, -0.05) is 29.8 Å². The smallest absolute Gasteiger partial charge is 0.249 e.